The summed E-state index contributed by atoms with van der Waals surface area (Å²) >= 11 is 0. The van der Waals surface area contributed by atoms with Crippen molar-refractivity contribution in [3.63, 3.8) is 0 Å². The molecule has 0 radical (unpaired) electrons. The van der Waals surface area contributed by atoms with Crippen LogP contribution in [0.5, 0.6) is 0 Å². The SMILES string of the molecule is Cc1noc2ncnc(NC[C@@H]3CCCN(C)[C@H]3c3cncn3C)c12. The quantitative estimate of drug-likeness (QED) is 0.778. The minimum atomic E-state index is 0.342. The van der Waals surface area contributed by atoms with Gasteiger partial charge in [-0.05, 0) is 39.3 Å². The molecule has 0 saturated carbocycles. The van der Waals surface area contributed by atoms with Gasteiger partial charge in [-0.2, -0.15) is 4.98 Å². The fourth-order valence-electron chi connectivity index (χ4n) is 3.88. The molecule has 25 heavy (non-hydrogen) atoms. The predicted molar refractivity (Wildman–Crippen MR) is 94.1 cm³/mol. The van der Waals surface area contributed by atoms with E-state index < -0.39 is 0 Å². The Labute approximate surface area is 146 Å². The Kier molecular flexibility index (Phi) is 4.12. The van der Waals surface area contributed by atoms with Crippen molar-refractivity contribution in [3.8, 4) is 0 Å². The molecule has 8 heteroatoms. The number of hydrogen-bond donors (Lipinski definition) is 1. The fourth-order valence-corrected chi connectivity index (χ4v) is 3.88. The van der Waals surface area contributed by atoms with Gasteiger partial charge in [0.15, 0.2) is 0 Å². The van der Waals surface area contributed by atoms with Crippen LogP contribution in [0.3, 0.4) is 0 Å². The number of rotatable bonds is 4. The minimum absolute atomic E-state index is 0.342. The highest BCUT2D eigenvalue weighted by molar-refractivity contribution is 5.87. The van der Waals surface area contributed by atoms with E-state index in [-0.39, 0.29) is 0 Å². The second-order valence-corrected chi connectivity index (χ2v) is 6.81. The smallest absolute Gasteiger partial charge is 0.263 e. The molecular weight excluding hydrogens is 318 g/mol. The standard InChI is InChI=1S/C17H23N7O/c1-11-14-16(20-9-21-17(14)25-22-11)19-7-12-5-4-6-23(2)15(12)13-8-18-10-24(13)3/h8-10,12,15H,4-7H2,1-3H3,(H,19,20,21)/t12-,15+/m0/s1. The van der Waals surface area contributed by atoms with E-state index in [1.54, 1.807) is 0 Å². The van der Waals surface area contributed by atoms with E-state index in [0.717, 1.165) is 30.0 Å². The average molecular weight is 341 g/mol. The molecule has 0 aliphatic carbocycles. The van der Waals surface area contributed by atoms with Crippen molar-refractivity contribution >= 4 is 16.9 Å². The van der Waals surface area contributed by atoms with Gasteiger partial charge in [0, 0.05) is 19.8 Å². The van der Waals surface area contributed by atoms with Crippen molar-refractivity contribution in [2.24, 2.45) is 13.0 Å². The molecule has 1 saturated heterocycles. The van der Waals surface area contributed by atoms with Gasteiger partial charge in [-0.15, -0.1) is 0 Å². The number of anilines is 1. The van der Waals surface area contributed by atoms with Crippen LogP contribution < -0.4 is 5.32 Å². The molecule has 0 unspecified atom stereocenters. The van der Waals surface area contributed by atoms with Crippen molar-refractivity contribution in [3.05, 3.63) is 30.2 Å². The van der Waals surface area contributed by atoms with Gasteiger partial charge in [0.2, 0.25) is 0 Å². The van der Waals surface area contributed by atoms with Gasteiger partial charge in [0.05, 0.1) is 23.8 Å². The third-order valence-electron chi connectivity index (χ3n) is 5.14. The number of nitrogens with one attached hydrogen (secondary N) is 1. The zero-order valence-corrected chi connectivity index (χ0v) is 14.8. The van der Waals surface area contributed by atoms with Crippen LogP contribution in [0.4, 0.5) is 5.82 Å². The molecule has 132 valence electrons. The van der Waals surface area contributed by atoms with Gasteiger partial charge in [0.25, 0.3) is 5.71 Å². The molecule has 1 N–H and O–H groups in total. The summed E-state index contributed by atoms with van der Waals surface area (Å²) in [6.45, 7) is 3.85. The van der Waals surface area contributed by atoms with Crippen molar-refractivity contribution in [1.29, 1.82) is 0 Å². The van der Waals surface area contributed by atoms with Gasteiger partial charge in [-0.1, -0.05) is 5.16 Å². The summed E-state index contributed by atoms with van der Waals surface area (Å²) in [6, 6.07) is 0.342. The maximum absolute atomic E-state index is 5.23. The number of imidazole rings is 1. The van der Waals surface area contributed by atoms with Crippen LogP contribution in [0.2, 0.25) is 0 Å². The molecular formula is C17H23N7O. The summed E-state index contributed by atoms with van der Waals surface area (Å²) < 4.78 is 7.35. The van der Waals surface area contributed by atoms with Crippen LogP contribution in [-0.2, 0) is 7.05 Å². The highest BCUT2D eigenvalue weighted by Gasteiger charge is 2.32. The van der Waals surface area contributed by atoms with Gasteiger partial charge in [-0.3, -0.25) is 4.90 Å². The number of fused-ring (bicyclic) bond motifs is 1. The van der Waals surface area contributed by atoms with E-state index in [1.165, 1.54) is 24.9 Å². The normalized spacial score (nSPS) is 21.7. The molecule has 1 fully saturated rings. The molecule has 2 atom stereocenters. The number of piperidine rings is 1. The lowest BCUT2D eigenvalue weighted by molar-refractivity contribution is 0.122. The minimum Gasteiger partial charge on any atom is -0.369 e. The Hall–Kier alpha value is -2.48. The first kappa shape index (κ1) is 16.0. The van der Waals surface area contributed by atoms with Gasteiger partial charge < -0.3 is 14.4 Å². The van der Waals surface area contributed by atoms with Crippen molar-refractivity contribution in [2.75, 3.05) is 25.5 Å². The third kappa shape index (κ3) is 2.86. The van der Waals surface area contributed by atoms with E-state index in [0.29, 0.717) is 17.7 Å². The predicted octanol–water partition coefficient (Wildman–Crippen LogP) is 2.15. The molecule has 1 aliphatic heterocycles. The second-order valence-electron chi connectivity index (χ2n) is 6.81. The molecule has 0 spiro atoms. The van der Waals surface area contributed by atoms with Gasteiger partial charge >= 0.3 is 0 Å². The van der Waals surface area contributed by atoms with Gasteiger partial charge in [0.1, 0.15) is 17.5 Å². The molecule has 3 aromatic heterocycles. The zero-order chi connectivity index (χ0) is 17.4. The second kappa shape index (κ2) is 6.44. The first-order valence-electron chi connectivity index (χ1n) is 8.62. The van der Waals surface area contributed by atoms with E-state index in [4.69, 9.17) is 4.52 Å². The molecule has 0 aromatic carbocycles. The lowest BCUT2D eigenvalue weighted by Crippen LogP contribution is -2.39. The van der Waals surface area contributed by atoms with Crippen LogP contribution in [0, 0.1) is 12.8 Å². The van der Waals surface area contributed by atoms with Crippen LogP contribution in [0.1, 0.15) is 30.3 Å². The first-order chi connectivity index (χ1) is 12.1. The molecule has 4 heterocycles. The molecule has 1 aliphatic rings. The van der Waals surface area contributed by atoms with Crippen LogP contribution in [0.15, 0.2) is 23.4 Å². The summed E-state index contributed by atoms with van der Waals surface area (Å²) in [5.74, 6) is 1.26. The Bertz CT molecular complexity index is 871. The molecule has 4 rings (SSSR count). The number of aromatic nitrogens is 5. The van der Waals surface area contributed by atoms with E-state index >= 15 is 0 Å². The van der Waals surface area contributed by atoms with Crippen LogP contribution in [0.25, 0.3) is 11.1 Å². The monoisotopic (exact) mass is 341 g/mol. The number of likely N-dealkylation sites (tertiary alicyclic amines) is 1. The van der Waals surface area contributed by atoms with Crippen molar-refractivity contribution < 1.29 is 4.52 Å². The maximum Gasteiger partial charge on any atom is 0.263 e. The summed E-state index contributed by atoms with van der Waals surface area (Å²) in [5, 5.41) is 8.37. The molecule has 3 aromatic rings. The van der Waals surface area contributed by atoms with E-state index in [9.17, 15) is 0 Å². The zero-order valence-electron chi connectivity index (χ0n) is 14.8. The van der Waals surface area contributed by atoms with Gasteiger partial charge in [-0.25, -0.2) is 9.97 Å². The summed E-state index contributed by atoms with van der Waals surface area (Å²) in [5.41, 5.74) is 2.59. The number of nitrogens with zero attached hydrogens (tertiary/aromatic N) is 6. The third-order valence-corrected chi connectivity index (χ3v) is 5.14. The fraction of sp³-hybridized carbons (Fsp3) is 0.529. The topological polar surface area (TPSA) is 84.9 Å². The Morgan fingerprint density at radius 2 is 2.20 bits per heavy atom. The largest absolute Gasteiger partial charge is 0.369 e. The Morgan fingerprint density at radius 3 is 3.00 bits per heavy atom. The van der Waals surface area contributed by atoms with E-state index in [1.807, 2.05) is 19.4 Å². The summed E-state index contributed by atoms with van der Waals surface area (Å²) in [6.07, 6.45) is 7.73. The first-order valence-corrected chi connectivity index (χ1v) is 8.62. The Balaban J connectivity index is 1.58. The lowest BCUT2D eigenvalue weighted by atomic mass is 9.87. The highest BCUT2D eigenvalue weighted by atomic mass is 16.5. The van der Waals surface area contributed by atoms with Crippen LogP contribution >= 0.6 is 0 Å². The summed E-state index contributed by atoms with van der Waals surface area (Å²) in [4.78, 5) is 15.3. The molecule has 0 amide bonds. The average Bonchev–Trinajstić information content (AvgIpc) is 3.19. The van der Waals surface area contributed by atoms with Crippen LogP contribution in [-0.4, -0.2) is 49.7 Å². The summed E-state index contributed by atoms with van der Waals surface area (Å²) in [7, 11) is 4.25. The van der Waals surface area contributed by atoms with Crippen molar-refractivity contribution in [2.45, 2.75) is 25.8 Å². The number of aryl methyl sites for hydroxylation is 2. The molecule has 0 bridgehead atoms. The van der Waals surface area contributed by atoms with E-state index in [2.05, 4.69) is 49.0 Å². The van der Waals surface area contributed by atoms with Crippen molar-refractivity contribution in [1.82, 2.24) is 29.6 Å². The highest BCUT2D eigenvalue weighted by Crippen LogP contribution is 2.35. The molecule has 8 nitrogen and oxygen atoms in total. The maximum atomic E-state index is 5.23. The number of hydrogen-bond acceptors (Lipinski definition) is 7. The lowest BCUT2D eigenvalue weighted by Gasteiger charge is -2.39. The Morgan fingerprint density at radius 1 is 1.32 bits per heavy atom.